The van der Waals surface area contributed by atoms with Crippen LogP contribution in [0.25, 0.3) is 0 Å². The van der Waals surface area contributed by atoms with Crippen molar-refractivity contribution in [3.63, 3.8) is 0 Å². The van der Waals surface area contributed by atoms with E-state index in [1.807, 2.05) is 6.92 Å². The predicted molar refractivity (Wildman–Crippen MR) is 106 cm³/mol. The average molecular weight is 425 g/mol. The highest BCUT2D eigenvalue weighted by molar-refractivity contribution is 9.10. The minimum Gasteiger partial charge on any atom is -0.443 e. The third kappa shape index (κ3) is 6.12. The summed E-state index contributed by atoms with van der Waals surface area (Å²) < 4.78 is 20.4. The van der Waals surface area contributed by atoms with Crippen molar-refractivity contribution in [1.82, 2.24) is 15.6 Å². The van der Waals surface area contributed by atoms with Gasteiger partial charge in [-0.25, -0.2) is 14.4 Å². The number of benzene rings is 1. The Morgan fingerprint density at radius 1 is 1.31 bits per heavy atom. The molecule has 1 aromatic carbocycles. The Morgan fingerprint density at radius 2 is 2.08 bits per heavy atom. The molecule has 26 heavy (non-hydrogen) atoms. The molecule has 2 rings (SSSR count). The molecule has 142 valence electrons. The summed E-state index contributed by atoms with van der Waals surface area (Å²) >= 11 is 3.37. The highest BCUT2D eigenvalue weighted by atomic mass is 79.9. The maximum absolute atomic E-state index is 13.8. The molecule has 1 heterocycles. The van der Waals surface area contributed by atoms with E-state index in [9.17, 15) is 4.39 Å². The number of halogens is 2. The molecule has 0 radical (unpaired) electrons. The molecule has 0 aliphatic heterocycles. The molecule has 0 saturated carbocycles. The minimum atomic E-state index is -0.202. The number of hydrogen-bond donors (Lipinski definition) is 2. The first-order valence-electron chi connectivity index (χ1n) is 8.71. The van der Waals surface area contributed by atoms with Gasteiger partial charge in [-0.2, -0.15) is 0 Å². The van der Waals surface area contributed by atoms with E-state index in [2.05, 4.69) is 57.3 Å². The number of nitrogens with zero attached hydrogens (tertiary/aromatic N) is 2. The van der Waals surface area contributed by atoms with E-state index in [4.69, 9.17) is 4.42 Å². The van der Waals surface area contributed by atoms with Crippen LogP contribution in [0, 0.1) is 5.82 Å². The second-order valence-electron chi connectivity index (χ2n) is 6.98. The molecular formula is C19H26BrFN4O. The number of oxazole rings is 1. The van der Waals surface area contributed by atoms with Gasteiger partial charge in [-0.1, -0.05) is 36.7 Å². The van der Waals surface area contributed by atoms with Crippen LogP contribution >= 0.6 is 15.9 Å². The maximum atomic E-state index is 13.8. The van der Waals surface area contributed by atoms with E-state index in [0.717, 1.165) is 16.8 Å². The summed E-state index contributed by atoms with van der Waals surface area (Å²) in [6.45, 7) is 9.87. The highest BCUT2D eigenvalue weighted by Gasteiger charge is 2.19. The van der Waals surface area contributed by atoms with Crippen LogP contribution in [0.2, 0.25) is 0 Å². The van der Waals surface area contributed by atoms with Gasteiger partial charge in [0.2, 0.25) is 5.89 Å². The lowest BCUT2D eigenvalue weighted by Gasteiger charge is -2.13. The first-order valence-corrected chi connectivity index (χ1v) is 9.50. The third-order valence-electron chi connectivity index (χ3n) is 3.70. The van der Waals surface area contributed by atoms with Crippen molar-refractivity contribution in [2.24, 2.45) is 4.99 Å². The number of aromatic nitrogens is 1. The maximum Gasteiger partial charge on any atom is 0.216 e. The summed E-state index contributed by atoms with van der Waals surface area (Å²) in [5.41, 5.74) is 0.580. The second-order valence-corrected chi connectivity index (χ2v) is 7.89. The van der Waals surface area contributed by atoms with Gasteiger partial charge in [0, 0.05) is 23.0 Å². The fraction of sp³-hybridized carbons (Fsp3) is 0.474. The molecule has 0 fully saturated rings. The monoisotopic (exact) mass is 424 g/mol. The molecule has 2 N–H and O–H groups in total. The van der Waals surface area contributed by atoms with Gasteiger partial charge < -0.3 is 15.1 Å². The minimum absolute atomic E-state index is 0.0776. The molecule has 5 nitrogen and oxygen atoms in total. The lowest BCUT2D eigenvalue weighted by molar-refractivity contribution is 0.383. The summed E-state index contributed by atoms with van der Waals surface area (Å²) in [6.07, 6.45) is 2.31. The van der Waals surface area contributed by atoms with Gasteiger partial charge in [0.25, 0.3) is 0 Å². The summed E-state index contributed by atoms with van der Waals surface area (Å²) in [7, 11) is 0. The summed E-state index contributed by atoms with van der Waals surface area (Å²) in [4.78, 5) is 8.77. The second kappa shape index (κ2) is 9.16. The standard InChI is InChI=1S/C19H26BrFN4O/c1-5-22-18(23-9-8-13-10-14(20)6-7-15(13)21)25-12-17-24-11-16(26-17)19(2,3)4/h6-7,10-11H,5,8-9,12H2,1-4H3,(H2,22,23,25). The van der Waals surface area contributed by atoms with Crippen LogP contribution in [0.3, 0.4) is 0 Å². The smallest absolute Gasteiger partial charge is 0.216 e. The van der Waals surface area contributed by atoms with Gasteiger partial charge in [-0.15, -0.1) is 0 Å². The Bertz CT molecular complexity index is 752. The number of guanidine groups is 1. The molecule has 0 amide bonds. The number of aliphatic imine (C=N–C) groups is 1. The number of hydrogen-bond acceptors (Lipinski definition) is 3. The van der Waals surface area contributed by atoms with Crippen molar-refractivity contribution in [3.05, 3.63) is 51.9 Å². The summed E-state index contributed by atoms with van der Waals surface area (Å²) in [5.74, 6) is 1.86. The zero-order valence-corrected chi connectivity index (χ0v) is 17.3. The van der Waals surface area contributed by atoms with E-state index in [-0.39, 0.29) is 11.2 Å². The van der Waals surface area contributed by atoms with Crippen molar-refractivity contribution in [3.8, 4) is 0 Å². The van der Waals surface area contributed by atoms with E-state index in [1.165, 1.54) is 6.07 Å². The predicted octanol–water partition coefficient (Wildman–Crippen LogP) is 4.17. The molecule has 0 bridgehead atoms. The van der Waals surface area contributed by atoms with Crippen LogP contribution in [0.4, 0.5) is 4.39 Å². The van der Waals surface area contributed by atoms with Gasteiger partial charge in [-0.05, 0) is 37.1 Å². The van der Waals surface area contributed by atoms with Crippen LogP contribution in [0.15, 0.2) is 38.3 Å². The largest absolute Gasteiger partial charge is 0.443 e. The van der Waals surface area contributed by atoms with Crippen LogP contribution in [0.1, 0.15) is 44.9 Å². The van der Waals surface area contributed by atoms with E-state index in [1.54, 1.807) is 18.3 Å². The molecule has 0 unspecified atom stereocenters. The van der Waals surface area contributed by atoms with Gasteiger partial charge in [0.1, 0.15) is 18.1 Å². The van der Waals surface area contributed by atoms with Crippen LogP contribution in [-0.2, 0) is 18.4 Å². The quantitative estimate of drug-likeness (QED) is 0.539. The molecule has 0 aliphatic rings. The van der Waals surface area contributed by atoms with Crippen molar-refractivity contribution in [2.45, 2.75) is 46.1 Å². The SMILES string of the molecule is CCNC(=NCc1ncc(C(C)(C)C)o1)NCCc1cc(Br)ccc1F. The fourth-order valence-electron chi connectivity index (χ4n) is 2.27. The zero-order chi connectivity index (χ0) is 19.2. The lowest BCUT2D eigenvalue weighted by atomic mass is 9.94. The molecule has 0 aliphatic carbocycles. The van der Waals surface area contributed by atoms with Gasteiger partial charge in [-0.3, -0.25) is 0 Å². The Hall–Kier alpha value is -1.89. The molecule has 0 atom stereocenters. The molecule has 7 heteroatoms. The first kappa shape index (κ1) is 20.4. The van der Waals surface area contributed by atoms with E-state index in [0.29, 0.717) is 36.9 Å². The van der Waals surface area contributed by atoms with Crippen molar-refractivity contribution < 1.29 is 8.81 Å². The van der Waals surface area contributed by atoms with Crippen molar-refractivity contribution in [1.29, 1.82) is 0 Å². The lowest BCUT2D eigenvalue weighted by Crippen LogP contribution is -2.38. The van der Waals surface area contributed by atoms with Crippen LogP contribution in [-0.4, -0.2) is 24.0 Å². The number of rotatable bonds is 6. The van der Waals surface area contributed by atoms with Crippen molar-refractivity contribution >= 4 is 21.9 Å². The van der Waals surface area contributed by atoms with Crippen LogP contribution < -0.4 is 10.6 Å². The van der Waals surface area contributed by atoms with Crippen molar-refractivity contribution in [2.75, 3.05) is 13.1 Å². The van der Waals surface area contributed by atoms with E-state index >= 15 is 0 Å². The third-order valence-corrected chi connectivity index (χ3v) is 4.20. The molecule has 2 aromatic rings. The Balaban J connectivity index is 1.94. The topological polar surface area (TPSA) is 62.5 Å². The fourth-order valence-corrected chi connectivity index (χ4v) is 2.68. The molecular weight excluding hydrogens is 399 g/mol. The Morgan fingerprint density at radius 3 is 2.73 bits per heavy atom. The van der Waals surface area contributed by atoms with Gasteiger partial charge >= 0.3 is 0 Å². The molecule has 1 aromatic heterocycles. The van der Waals surface area contributed by atoms with Gasteiger partial charge in [0.15, 0.2) is 5.96 Å². The Labute approximate surface area is 162 Å². The average Bonchev–Trinajstić information content (AvgIpc) is 3.05. The first-order chi connectivity index (χ1) is 12.3. The van der Waals surface area contributed by atoms with Gasteiger partial charge in [0.05, 0.1) is 6.20 Å². The van der Waals surface area contributed by atoms with Crippen LogP contribution in [0.5, 0.6) is 0 Å². The molecule has 0 spiro atoms. The summed E-state index contributed by atoms with van der Waals surface area (Å²) in [5, 5.41) is 6.38. The highest BCUT2D eigenvalue weighted by Crippen LogP contribution is 2.22. The summed E-state index contributed by atoms with van der Waals surface area (Å²) in [6, 6.07) is 4.95. The Kier molecular flexibility index (Phi) is 7.20. The molecule has 0 saturated heterocycles. The number of nitrogens with one attached hydrogen (secondary N) is 2. The zero-order valence-electron chi connectivity index (χ0n) is 15.7. The normalized spacial score (nSPS) is 12.3. The van der Waals surface area contributed by atoms with E-state index < -0.39 is 0 Å².